The molecule has 1 N–H and O–H groups in total. The molecule has 1 aliphatic heterocycles. The Bertz CT molecular complexity index is 1090. The molecule has 2 heterocycles. The van der Waals surface area contributed by atoms with E-state index >= 15 is 0 Å². The van der Waals surface area contributed by atoms with Crippen LogP contribution in [0.15, 0.2) is 24.3 Å². The fraction of sp³-hybridized carbons (Fsp3) is 0.458. The lowest BCUT2D eigenvalue weighted by atomic mass is 10.0. The predicted molar refractivity (Wildman–Crippen MR) is 126 cm³/mol. The van der Waals surface area contributed by atoms with Crippen LogP contribution in [-0.4, -0.2) is 77.6 Å². The molecule has 1 aromatic heterocycles. The van der Waals surface area contributed by atoms with Crippen molar-refractivity contribution in [3.8, 4) is 5.75 Å². The number of methoxy groups -OCH3 is 2. The molecule has 182 valence electrons. The lowest BCUT2D eigenvalue weighted by molar-refractivity contribution is 0.0550. The fourth-order valence-corrected chi connectivity index (χ4v) is 4.00. The van der Waals surface area contributed by atoms with E-state index in [4.69, 9.17) is 9.47 Å². The Morgan fingerprint density at radius 1 is 1.12 bits per heavy atom. The van der Waals surface area contributed by atoms with Gasteiger partial charge in [-0.1, -0.05) is 26.0 Å². The second-order valence-corrected chi connectivity index (χ2v) is 8.45. The Morgan fingerprint density at radius 2 is 1.82 bits per heavy atom. The van der Waals surface area contributed by atoms with Gasteiger partial charge < -0.3 is 24.6 Å². The molecule has 0 radical (unpaired) electrons. The summed E-state index contributed by atoms with van der Waals surface area (Å²) in [6, 6.07) is 6.62. The number of carbonyl (C=O) groups excluding carboxylic acids is 3. The van der Waals surface area contributed by atoms with E-state index in [1.807, 2.05) is 32.9 Å². The molecule has 1 saturated heterocycles. The molecule has 0 bridgehead atoms. The minimum Gasteiger partial charge on any atom is -0.495 e. The van der Waals surface area contributed by atoms with Crippen molar-refractivity contribution in [2.45, 2.75) is 39.7 Å². The summed E-state index contributed by atoms with van der Waals surface area (Å²) in [4.78, 5) is 50.9. The van der Waals surface area contributed by atoms with Crippen LogP contribution in [0.1, 0.15) is 59.1 Å². The van der Waals surface area contributed by atoms with E-state index in [2.05, 4.69) is 15.3 Å². The number of hydrogen-bond donors (Lipinski definition) is 1. The van der Waals surface area contributed by atoms with E-state index in [0.29, 0.717) is 42.6 Å². The van der Waals surface area contributed by atoms with Crippen LogP contribution in [0.3, 0.4) is 0 Å². The number of esters is 1. The Balaban J connectivity index is 1.80. The first-order valence-corrected chi connectivity index (χ1v) is 11.1. The van der Waals surface area contributed by atoms with Crippen molar-refractivity contribution in [2.24, 2.45) is 0 Å². The van der Waals surface area contributed by atoms with Crippen LogP contribution in [0.25, 0.3) is 0 Å². The van der Waals surface area contributed by atoms with Gasteiger partial charge in [0.25, 0.3) is 5.91 Å². The van der Waals surface area contributed by atoms with Crippen molar-refractivity contribution in [2.75, 3.05) is 39.2 Å². The zero-order valence-electron chi connectivity index (χ0n) is 20.4. The second-order valence-electron chi connectivity index (χ2n) is 8.45. The highest BCUT2D eigenvalue weighted by Gasteiger charge is 2.34. The van der Waals surface area contributed by atoms with Crippen molar-refractivity contribution >= 4 is 23.6 Å². The summed E-state index contributed by atoms with van der Waals surface area (Å²) in [7, 11) is 2.81. The highest BCUT2D eigenvalue weighted by atomic mass is 16.5. The zero-order valence-corrected chi connectivity index (χ0v) is 20.4. The number of piperazine rings is 1. The minimum absolute atomic E-state index is 0.0298. The van der Waals surface area contributed by atoms with Crippen LogP contribution >= 0.6 is 0 Å². The number of para-hydroxylation sites is 2. The number of amides is 3. The van der Waals surface area contributed by atoms with Crippen molar-refractivity contribution in [3.05, 3.63) is 47.0 Å². The first-order valence-electron chi connectivity index (χ1n) is 11.1. The summed E-state index contributed by atoms with van der Waals surface area (Å²) in [5, 5.41) is 2.87. The molecule has 0 aliphatic carbocycles. The summed E-state index contributed by atoms with van der Waals surface area (Å²) in [5.41, 5.74) is 1.17. The number of hydrogen-bond acceptors (Lipinski definition) is 7. The molecule has 1 unspecified atom stereocenters. The minimum atomic E-state index is -0.644. The van der Waals surface area contributed by atoms with Crippen LogP contribution in [0.2, 0.25) is 0 Å². The molecule has 1 fully saturated rings. The van der Waals surface area contributed by atoms with Gasteiger partial charge >= 0.3 is 12.0 Å². The number of benzene rings is 1. The number of anilines is 1. The summed E-state index contributed by atoms with van der Waals surface area (Å²) < 4.78 is 10.2. The highest BCUT2D eigenvalue weighted by Crippen LogP contribution is 2.25. The first kappa shape index (κ1) is 24.9. The standard InChI is InChI=1S/C24H31N5O5/c1-14(2)20-19(23(31)34-6)21(26-16(4)25-20)22(30)28-11-12-29(15(3)13-28)24(32)27-17-9-7-8-10-18(17)33-5/h7-10,14-15H,11-13H2,1-6H3,(H,27,32). The molecule has 1 atom stereocenters. The molecule has 1 aliphatic rings. The van der Waals surface area contributed by atoms with Gasteiger partial charge in [-0.25, -0.2) is 19.6 Å². The molecule has 10 heteroatoms. The summed E-state index contributed by atoms with van der Waals surface area (Å²) in [6.07, 6.45) is 0. The SMILES string of the molecule is COC(=O)c1c(C(=O)N2CCN(C(=O)Nc3ccccc3OC)C(C)C2)nc(C)nc1C(C)C. The maximum Gasteiger partial charge on any atom is 0.342 e. The lowest BCUT2D eigenvalue weighted by Gasteiger charge is -2.39. The van der Waals surface area contributed by atoms with Gasteiger partial charge in [-0.3, -0.25) is 4.79 Å². The summed E-state index contributed by atoms with van der Waals surface area (Å²) >= 11 is 0. The first-order chi connectivity index (χ1) is 16.2. The van der Waals surface area contributed by atoms with Gasteiger partial charge in [-0.05, 0) is 31.9 Å². The molecule has 0 spiro atoms. The molecular formula is C24H31N5O5. The van der Waals surface area contributed by atoms with E-state index in [9.17, 15) is 14.4 Å². The average molecular weight is 470 g/mol. The second kappa shape index (κ2) is 10.5. The van der Waals surface area contributed by atoms with Crippen molar-refractivity contribution in [1.29, 1.82) is 0 Å². The van der Waals surface area contributed by atoms with Crippen molar-refractivity contribution in [3.63, 3.8) is 0 Å². The van der Waals surface area contributed by atoms with E-state index in [0.717, 1.165) is 0 Å². The van der Waals surface area contributed by atoms with Crippen molar-refractivity contribution in [1.82, 2.24) is 19.8 Å². The maximum absolute atomic E-state index is 13.5. The van der Waals surface area contributed by atoms with Gasteiger partial charge in [-0.2, -0.15) is 0 Å². The number of urea groups is 1. The molecular weight excluding hydrogens is 438 g/mol. The lowest BCUT2D eigenvalue weighted by Crippen LogP contribution is -2.56. The largest absolute Gasteiger partial charge is 0.495 e. The summed E-state index contributed by atoms with van der Waals surface area (Å²) in [5.74, 6) is -0.161. The fourth-order valence-electron chi connectivity index (χ4n) is 4.00. The Hall–Kier alpha value is -3.69. The number of ether oxygens (including phenoxy) is 2. The number of aromatic nitrogens is 2. The Labute approximate surface area is 199 Å². The van der Waals surface area contributed by atoms with Gasteiger partial charge in [0.1, 0.15) is 22.8 Å². The van der Waals surface area contributed by atoms with Crippen LogP contribution in [0, 0.1) is 6.92 Å². The third kappa shape index (κ3) is 5.11. The molecule has 2 aromatic rings. The average Bonchev–Trinajstić information content (AvgIpc) is 2.82. The molecule has 34 heavy (non-hydrogen) atoms. The molecule has 3 amide bonds. The van der Waals surface area contributed by atoms with Crippen LogP contribution in [0.4, 0.5) is 10.5 Å². The third-order valence-electron chi connectivity index (χ3n) is 5.71. The highest BCUT2D eigenvalue weighted by molar-refractivity contribution is 6.05. The van der Waals surface area contributed by atoms with Crippen LogP contribution in [0.5, 0.6) is 5.75 Å². The summed E-state index contributed by atoms with van der Waals surface area (Å²) in [6.45, 7) is 8.25. The van der Waals surface area contributed by atoms with Gasteiger partial charge in [0.2, 0.25) is 0 Å². The topological polar surface area (TPSA) is 114 Å². The number of nitrogens with one attached hydrogen (secondary N) is 1. The monoisotopic (exact) mass is 469 g/mol. The van der Waals surface area contributed by atoms with E-state index in [1.54, 1.807) is 36.0 Å². The molecule has 3 rings (SSSR count). The van der Waals surface area contributed by atoms with Crippen LogP contribution < -0.4 is 10.1 Å². The van der Waals surface area contributed by atoms with Gasteiger partial charge in [-0.15, -0.1) is 0 Å². The van der Waals surface area contributed by atoms with E-state index in [-0.39, 0.29) is 35.2 Å². The molecule has 10 nitrogen and oxygen atoms in total. The van der Waals surface area contributed by atoms with Crippen molar-refractivity contribution < 1.29 is 23.9 Å². The number of nitrogens with zero attached hydrogens (tertiary/aromatic N) is 4. The van der Waals surface area contributed by atoms with Gasteiger partial charge in [0, 0.05) is 25.7 Å². The van der Waals surface area contributed by atoms with Crippen LogP contribution in [-0.2, 0) is 4.74 Å². The smallest absolute Gasteiger partial charge is 0.342 e. The van der Waals surface area contributed by atoms with E-state index < -0.39 is 5.97 Å². The predicted octanol–water partition coefficient (Wildman–Crippen LogP) is 3.08. The zero-order chi connectivity index (χ0) is 25.0. The van der Waals surface area contributed by atoms with Gasteiger partial charge in [0.05, 0.1) is 25.6 Å². The van der Waals surface area contributed by atoms with Gasteiger partial charge in [0.15, 0.2) is 0 Å². The van der Waals surface area contributed by atoms with E-state index in [1.165, 1.54) is 7.11 Å². The normalized spacial score (nSPS) is 15.8. The number of carbonyl (C=O) groups is 3. The molecule has 0 saturated carbocycles. The number of rotatable bonds is 5. The third-order valence-corrected chi connectivity index (χ3v) is 5.71. The maximum atomic E-state index is 13.5. The quantitative estimate of drug-likeness (QED) is 0.670. The molecule has 1 aromatic carbocycles. The Morgan fingerprint density at radius 3 is 2.44 bits per heavy atom. The Kier molecular flexibility index (Phi) is 7.70. The number of aryl methyl sites for hydroxylation is 1.